The molecule has 1 saturated carbocycles. The Hall–Kier alpha value is -0.760. The van der Waals surface area contributed by atoms with Crippen LogP contribution in [-0.4, -0.2) is 11.0 Å². The van der Waals surface area contributed by atoms with Gasteiger partial charge in [-0.05, 0) is 37.3 Å². The van der Waals surface area contributed by atoms with E-state index in [1.165, 1.54) is 18.4 Å². The maximum atomic E-state index is 6.02. The predicted molar refractivity (Wildman–Crippen MR) is 59.8 cm³/mol. The van der Waals surface area contributed by atoms with Gasteiger partial charge in [0.25, 0.3) is 0 Å². The highest BCUT2D eigenvalue weighted by atomic mass is 35.5. The number of hydrogen-bond acceptors (Lipinski definition) is 2. The van der Waals surface area contributed by atoms with Crippen molar-refractivity contribution in [3.8, 4) is 0 Å². The first kappa shape index (κ1) is 9.78. The molecule has 1 aromatic heterocycles. The molecule has 2 rings (SSSR count). The number of aryl methyl sites for hydroxylation is 1. The van der Waals surface area contributed by atoms with Crippen LogP contribution in [0.1, 0.15) is 25.3 Å². The third-order valence-corrected chi connectivity index (χ3v) is 3.12. The van der Waals surface area contributed by atoms with Gasteiger partial charge in [0.15, 0.2) is 5.15 Å². The number of hydrogen-bond donors (Lipinski definition) is 1. The number of halogens is 1. The average Bonchev–Trinajstić information content (AvgIpc) is 2.08. The monoisotopic (exact) mass is 210 g/mol. The van der Waals surface area contributed by atoms with E-state index in [2.05, 4.69) is 24.1 Å². The molecule has 2 nitrogen and oxygen atoms in total. The van der Waals surface area contributed by atoms with Crippen molar-refractivity contribution in [2.24, 2.45) is 5.92 Å². The summed E-state index contributed by atoms with van der Waals surface area (Å²) in [4.78, 5) is 4.07. The van der Waals surface area contributed by atoms with Gasteiger partial charge in [0, 0.05) is 12.2 Å². The van der Waals surface area contributed by atoms with Crippen LogP contribution < -0.4 is 5.32 Å². The van der Waals surface area contributed by atoms with Crippen LogP contribution in [0.2, 0.25) is 5.15 Å². The van der Waals surface area contributed by atoms with Gasteiger partial charge in [0.2, 0.25) is 0 Å². The van der Waals surface area contributed by atoms with Crippen molar-refractivity contribution in [2.75, 3.05) is 5.32 Å². The Morgan fingerprint density at radius 3 is 2.79 bits per heavy atom. The van der Waals surface area contributed by atoms with Gasteiger partial charge >= 0.3 is 0 Å². The lowest BCUT2D eigenvalue weighted by Gasteiger charge is -2.34. The van der Waals surface area contributed by atoms with Gasteiger partial charge in [-0.15, -0.1) is 0 Å². The van der Waals surface area contributed by atoms with E-state index in [1.54, 1.807) is 6.20 Å². The summed E-state index contributed by atoms with van der Waals surface area (Å²) in [5.41, 5.74) is 2.18. The van der Waals surface area contributed by atoms with Crippen LogP contribution in [0.5, 0.6) is 0 Å². The Labute approximate surface area is 89.7 Å². The minimum atomic E-state index is 0.588. The first-order chi connectivity index (χ1) is 6.66. The summed E-state index contributed by atoms with van der Waals surface area (Å²) in [5.74, 6) is 0.850. The zero-order chi connectivity index (χ0) is 10.1. The highest BCUT2D eigenvalue weighted by Gasteiger charge is 2.25. The van der Waals surface area contributed by atoms with Gasteiger partial charge in [-0.25, -0.2) is 4.98 Å². The van der Waals surface area contributed by atoms with E-state index in [0.717, 1.165) is 11.6 Å². The summed E-state index contributed by atoms with van der Waals surface area (Å²) in [6, 6.07) is 2.57. The second-order valence-corrected chi connectivity index (χ2v) is 4.57. The third kappa shape index (κ3) is 1.85. The Morgan fingerprint density at radius 2 is 2.21 bits per heavy atom. The van der Waals surface area contributed by atoms with Crippen molar-refractivity contribution in [1.29, 1.82) is 0 Å². The molecule has 76 valence electrons. The Kier molecular flexibility index (Phi) is 2.64. The topological polar surface area (TPSA) is 24.9 Å². The van der Waals surface area contributed by atoms with E-state index in [9.17, 15) is 0 Å². The number of anilines is 1. The van der Waals surface area contributed by atoms with E-state index in [1.807, 2.05) is 6.07 Å². The molecule has 0 bridgehead atoms. The lowest BCUT2D eigenvalue weighted by Crippen LogP contribution is -2.34. The molecule has 0 spiro atoms. The van der Waals surface area contributed by atoms with Crippen molar-refractivity contribution in [2.45, 2.75) is 32.7 Å². The van der Waals surface area contributed by atoms with Crippen molar-refractivity contribution >= 4 is 17.3 Å². The molecule has 1 aliphatic rings. The number of nitrogens with zero attached hydrogens (tertiary/aromatic N) is 1. The Morgan fingerprint density at radius 1 is 1.50 bits per heavy atom. The van der Waals surface area contributed by atoms with Gasteiger partial charge in [0.1, 0.15) is 0 Å². The fourth-order valence-electron chi connectivity index (χ4n) is 1.92. The van der Waals surface area contributed by atoms with E-state index in [-0.39, 0.29) is 0 Å². The lowest BCUT2D eigenvalue weighted by atomic mass is 9.82. The highest BCUT2D eigenvalue weighted by molar-refractivity contribution is 6.32. The van der Waals surface area contributed by atoms with Gasteiger partial charge in [0.05, 0.1) is 5.69 Å². The molecule has 0 aromatic carbocycles. The summed E-state index contributed by atoms with van der Waals surface area (Å²) >= 11 is 6.02. The second kappa shape index (κ2) is 3.77. The molecule has 1 aromatic rings. The predicted octanol–water partition coefficient (Wildman–Crippen LogP) is 3.25. The fraction of sp³-hybridized carbons (Fsp3) is 0.545. The maximum Gasteiger partial charge on any atom is 0.152 e. The lowest BCUT2D eigenvalue weighted by molar-refractivity contribution is 0.309. The van der Waals surface area contributed by atoms with Crippen molar-refractivity contribution in [1.82, 2.24) is 4.98 Å². The standard InChI is InChI=1S/C11H15ClN2/c1-7-5-9(6-7)14-10-8(2)3-4-13-11(10)12/h3-4,7,9,14H,5-6H2,1-2H3. The largest absolute Gasteiger partial charge is 0.380 e. The number of nitrogens with one attached hydrogen (secondary N) is 1. The number of pyridine rings is 1. The smallest absolute Gasteiger partial charge is 0.152 e. The van der Waals surface area contributed by atoms with Gasteiger partial charge in [-0.2, -0.15) is 0 Å². The molecule has 14 heavy (non-hydrogen) atoms. The third-order valence-electron chi connectivity index (χ3n) is 2.84. The van der Waals surface area contributed by atoms with Crippen LogP contribution >= 0.6 is 11.6 Å². The maximum absolute atomic E-state index is 6.02. The molecule has 3 heteroatoms. The number of rotatable bonds is 2. The van der Waals surface area contributed by atoms with Crippen molar-refractivity contribution in [3.63, 3.8) is 0 Å². The molecule has 1 fully saturated rings. The van der Waals surface area contributed by atoms with Crippen LogP contribution in [0.25, 0.3) is 0 Å². The van der Waals surface area contributed by atoms with E-state index in [4.69, 9.17) is 11.6 Å². The van der Waals surface area contributed by atoms with Gasteiger partial charge < -0.3 is 5.32 Å². The normalized spacial score (nSPS) is 25.6. The quantitative estimate of drug-likeness (QED) is 0.758. The molecular formula is C11H15ClN2. The molecule has 0 unspecified atom stereocenters. The molecule has 1 heterocycles. The van der Waals surface area contributed by atoms with Crippen LogP contribution in [0.3, 0.4) is 0 Å². The molecule has 0 saturated heterocycles. The zero-order valence-corrected chi connectivity index (χ0v) is 9.30. The first-order valence-corrected chi connectivity index (χ1v) is 5.42. The second-order valence-electron chi connectivity index (χ2n) is 4.21. The van der Waals surface area contributed by atoms with Gasteiger partial charge in [-0.1, -0.05) is 18.5 Å². The van der Waals surface area contributed by atoms with Crippen LogP contribution in [0.4, 0.5) is 5.69 Å². The molecule has 0 aliphatic heterocycles. The summed E-state index contributed by atoms with van der Waals surface area (Å²) in [6.07, 6.45) is 4.22. The highest BCUT2D eigenvalue weighted by Crippen LogP contribution is 2.32. The van der Waals surface area contributed by atoms with Crippen LogP contribution in [0, 0.1) is 12.8 Å². The van der Waals surface area contributed by atoms with Crippen LogP contribution in [-0.2, 0) is 0 Å². The van der Waals surface area contributed by atoms with Crippen molar-refractivity contribution in [3.05, 3.63) is 23.0 Å². The average molecular weight is 211 g/mol. The number of aromatic nitrogens is 1. The molecular weight excluding hydrogens is 196 g/mol. The molecule has 0 atom stereocenters. The molecule has 0 amide bonds. The van der Waals surface area contributed by atoms with E-state index < -0.39 is 0 Å². The van der Waals surface area contributed by atoms with Crippen LogP contribution in [0.15, 0.2) is 12.3 Å². The van der Waals surface area contributed by atoms with Crippen molar-refractivity contribution < 1.29 is 0 Å². The summed E-state index contributed by atoms with van der Waals surface area (Å²) in [7, 11) is 0. The minimum Gasteiger partial charge on any atom is -0.380 e. The SMILES string of the molecule is Cc1ccnc(Cl)c1NC1CC(C)C1. The summed E-state index contributed by atoms with van der Waals surface area (Å²) in [6.45, 7) is 4.33. The minimum absolute atomic E-state index is 0.588. The summed E-state index contributed by atoms with van der Waals surface area (Å²) < 4.78 is 0. The molecule has 1 N–H and O–H groups in total. The summed E-state index contributed by atoms with van der Waals surface area (Å²) in [5, 5.41) is 4.04. The first-order valence-electron chi connectivity index (χ1n) is 5.04. The Balaban J connectivity index is 2.09. The molecule has 1 aliphatic carbocycles. The Bertz CT molecular complexity index is 312. The van der Waals surface area contributed by atoms with E-state index in [0.29, 0.717) is 11.2 Å². The molecule has 0 radical (unpaired) electrons. The zero-order valence-electron chi connectivity index (χ0n) is 8.55. The fourth-order valence-corrected chi connectivity index (χ4v) is 2.18. The van der Waals surface area contributed by atoms with Gasteiger partial charge in [-0.3, -0.25) is 0 Å². The van der Waals surface area contributed by atoms with E-state index >= 15 is 0 Å².